The highest BCUT2D eigenvalue weighted by atomic mass is 32.1. The first-order valence-electron chi connectivity index (χ1n) is 10.9. The van der Waals surface area contributed by atoms with Crippen molar-refractivity contribution < 1.29 is 19.0 Å². The van der Waals surface area contributed by atoms with Gasteiger partial charge >= 0.3 is 5.97 Å². The number of carbonyl (C=O) groups excluding carboxylic acids is 1. The molecule has 3 heterocycles. The number of fused-ring (bicyclic) bond motifs is 1. The number of aryl methyl sites for hydroxylation is 1. The summed E-state index contributed by atoms with van der Waals surface area (Å²) >= 11 is 1.26. The normalized spacial score (nSPS) is 15.7. The summed E-state index contributed by atoms with van der Waals surface area (Å²) in [4.78, 5) is 31.7. The summed E-state index contributed by atoms with van der Waals surface area (Å²) < 4.78 is 20.0. The zero-order valence-electron chi connectivity index (χ0n) is 19.7. The molecular weight excluding hydrogens is 456 g/mol. The largest absolute Gasteiger partial charge is 0.493 e. The molecule has 34 heavy (non-hydrogen) atoms. The van der Waals surface area contributed by atoms with Crippen LogP contribution in [-0.4, -0.2) is 41.1 Å². The smallest absolute Gasteiger partial charge is 0.338 e. The Morgan fingerprint density at radius 1 is 1.18 bits per heavy atom. The third kappa shape index (κ3) is 4.16. The molecule has 0 aliphatic carbocycles. The van der Waals surface area contributed by atoms with Gasteiger partial charge in [-0.1, -0.05) is 17.4 Å². The Morgan fingerprint density at radius 2 is 1.94 bits per heavy atom. The van der Waals surface area contributed by atoms with Crippen molar-refractivity contribution in [2.45, 2.75) is 33.4 Å². The minimum absolute atomic E-state index is 0.207. The molecule has 0 fully saturated rings. The number of esters is 1. The number of carbonyl (C=O) groups is 1. The highest BCUT2D eigenvalue weighted by molar-refractivity contribution is 7.07. The van der Waals surface area contributed by atoms with E-state index in [-0.39, 0.29) is 12.2 Å². The number of aromatic nitrogens is 3. The van der Waals surface area contributed by atoms with E-state index in [1.54, 1.807) is 43.8 Å². The molecule has 10 heteroatoms. The SMILES string of the molecule is CCOC(=O)C1=C(C)N=c2sc(=Cc3ccn(CC)n3)c(=O)n2C1c1ccc(OC)c(OC)c1. The first-order valence-corrected chi connectivity index (χ1v) is 11.7. The first kappa shape index (κ1) is 23.5. The zero-order chi connectivity index (χ0) is 24.4. The molecule has 0 spiro atoms. The third-order valence-corrected chi connectivity index (χ3v) is 6.49. The second-order valence-corrected chi connectivity index (χ2v) is 8.52. The Kier molecular flexibility index (Phi) is 6.69. The van der Waals surface area contributed by atoms with E-state index in [4.69, 9.17) is 14.2 Å². The van der Waals surface area contributed by atoms with Gasteiger partial charge in [-0.2, -0.15) is 5.10 Å². The van der Waals surface area contributed by atoms with Crippen molar-refractivity contribution in [3.8, 4) is 11.5 Å². The lowest BCUT2D eigenvalue weighted by molar-refractivity contribution is -0.139. The number of allylic oxidation sites excluding steroid dienone is 1. The van der Waals surface area contributed by atoms with Gasteiger partial charge in [0.25, 0.3) is 5.56 Å². The summed E-state index contributed by atoms with van der Waals surface area (Å²) in [5, 5.41) is 4.45. The summed E-state index contributed by atoms with van der Waals surface area (Å²) in [5.74, 6) is 0.521. The summed E-state index contributed by atoms with van der Waals surface area (Å²) in [6, 6.07) is 6.44. The molecule has 1 aliphatic rings. The van der Waals surface area contributed by atoms with E-state index in [1.807, 2.05) is 25.3 Å². The van der Waals surface area contributed by atoms with Gasteiger partial charge in [-0.15, -0.1) is 0 Å². The minimum Gasteiger partial charge on any atom is -0.493 e. The molecule has 0 amide bonds. The number of ether oxygens (including phenoxy) is 3. The van der Waals surface area contributed by atoms with Gasteiger partial charge in [0.1, 0.15) is 0 Å². The molecule has 4 rings (SSSR count). The van der Waals surface area contributed by atoms with Crippen molar-refractivity contribution in [2.24, 2.45) is 4.99 Å². The molecule has 0 radical (unpaired) electrons. The van der Waals surface area contributed by atoms with Gasteiger partial charge in [-0.05, 0) is 50.6 Å². The van der Waals surface area contributed by atoms with Gasteiger partial charge in [-0.25, -0.2) is 9.79 Å². The van der Waals surface area contributed by atoms with Gasteiger partial charge in [0.15, 0.2) is 16.3 Å². The number of benzene rings is 1. The average Bonchev–Trinajstić information content (AvgIpc) is 3.41. The molecule has 0 saturated carbocycles. The summed E-state index contributed by atoms with van der Waals surface area (Å²) in [7, 11) is 3.09. The quantitative estimate of drug-likeness (QED) is 0.478. The Hall–Kier alpha value is -3.66. The van der Waals surface area contributed by atoms with E-state index < -0.39 is 12.0 Å². The van der Waals surface area contributed by atoms with E-state index in [0.29, 0.717) is 43.4 Å². The molecule has 1 aromatic carbocycles. The molecule has 9 nitrogen and oxygen atoms in total. The van der Waals surface area contributed by atoms with Crippen molar-refractivity contribution in [2.75, 3.05) is 20.8 Å². The van der Waals surface area contributed by atoms with Crippen molar-refractivity contribution in [3.05, 3.63) is 72.7 Å². The van der Waals surface area contributed by atoms with E-state index in [9.17, 15) is 9.59 Å². The standard InChI is InChI=1S/C24H26N4O5S/c1-6-27-11-10-16(26-27)13-19-22(29)28-21(15-8-9-17(31-4)18(12-15)32-5)20(23(30)33-7-2)14(3)25-24(28)34-19/h8-13,21H,6-7H2,1-5H3. The monoisotopic (exact) mass is 482 g/mol. The predicted molar refractivity (Wildman–Crippen MR) is 128 cm³/mol. The van der Waals surface area contributed by atoms with E-state index in [2.05, 4.69) is 10.1 Å². The lowest BCUT2D eigenvalue weighted by Crippen LogP contribution is -2.40. The topological polar surface area (TPSA) is 96.9 Å². The van der Waals surface area contributed by atoms with Crippen LogP contribution in [0.3, 0.4) is 0 Å². The second-order valence-electron chi connectivity index (χ2n) is 7.51. The fourth-order valence-corrected chi connectivity index (χ4v) is 4.93. The third-order valence-electron chi connectivity index (χ3n) is 5.50. The van der Waals surface area contributed by atoms with Gasteiger partial charge in [0, 0.05) is 12.7 Å². The van der Waals surface area contributed by atoms with E-state index >= 15 is 0 Å². The lowest BCUT2D eigenvalue weighted by atomic mass is 9.95. The van der Waals surface area contributed by atoms with Gasteiger partial charge in [-0.3, -0.25) is 14.0 Å². The van der Waals surface area contributed by atoms with Crippen LogP contribution in [0.4, 0.5) is 0 Å². The Morgan fingerprint density at radius 3 is 2.59 bits per heavy atom. The van der Waals surface area contributed by atoms with Crippen LogP contribution in [0.1, 0.15) is 38.1 Å². The number of thiazole rings is 1. The van der Waals surface area contributed by atoms with Crippen LogP contribution in [0.25, 0.3) is 6.08 Å². The number of hydrogen-bond acceptors (Lipinski definition) is 8. The number of rotatable bonds is 7. The average molecular weight is 483 g/mol. The van der Waals surface area contributed by atoms with E-state index in [1.165, 1.54) is 23.0 Å². The summed E-state index contributed by atoms with van der Waals surface area (Å²) in [5.41, 5.74) is 1.91. The summed E-state index contributed by atoms with van der Waals surface area (Å²) in [6.45, 7) is 6.42. The van der Waals surface area contributed by atoms with Crippen LogP contribution >= 0.6 is 11.3 Å². The van der Waals surface area contributed by atoms with Gasteiger partial charge < -0.3 is 14.2 Å². The highest BCUT2D eigenvalue weighted by Crippen LogP contribution is 2.36. The van der Waals surface area contributed by atoms with Crippen LogP contribution < -0.4 is 24.4 Å². The molecule has 0 saturated heterocycles. The van der Waals surface area contributed by atoms with Crippen LogP contribution in [0.15, 0.2) is 51.5 Å². The fourth-order valence-electron chi connectivity index (χ4n) is 3.89. The minimum atomic E-state index is -0.731. The van der Waals surface area contributed by atoms with Crippen LogP contribution in [0.5, 0.6) is 11.5 Å². The maximum absolute atomic E-state index is 13.6. The zero-order valence-corrected chi connectivity index (χ0v) is 20.5. The highest BCUT2D eigenvalue weighted by Gasteiger charge is 2.33. The molecule has 1 atom stereocenters. The van der Waals surface area contributed by atoms with Crippen LogP contribution in [-0.2, 0) is 16.1 Å². The Balaban J connectivity index is 1.95. The molecular formula is C24H26N4O5S. The van der Waals surface area contributed by atoms with Crippen molar-refractivity contribution in [1.82, 2.24) is 14.3 Å². The molecule has 0 N–H and O–H groups in total. The van der Waals surface area contributed by atoms with Crippen molar-refractivity contribution >= 4 is 23.4 Å². The first-order chi connectivity index (χ1) is 16.4. The maximum atomic E-state index is 13.6. The van der Waals surface area contributed by atoms with Crippen molar-refractivity contribution in [3.63, 3.8) is 0 Å². The predicted octanol–water partition coefficient (Wildman–Crippen LogP) is 2.03. The number of methoxy groups -OCH3 is 2. The lowest BCUT2D eigenvalue weighted by Gasteiger charge is -2.25. The maximum Gasteiger partial charge on any atom is 0.338 e. The Labute approximate surface area is 200 Å². The molecule has 1 unspecified atom stereocenters. The molecule has 2 aromatic heterocycles. The summed E-state index contributed by atoms with van der Waals surface area (Å²) in [6.07, 6.45) is 3.60. The fraction of sp³-hybridized carbons (Fsp3) is 0.333. The van der Waals surface area contributed by atoms with Crippen LogP contribution in [0, 0.1) is 0 Å². The second kappa shape index (κ2) is 9.68. The molecule has 1 aliphatic heterocycles. The van der Waals surface area contributed by atoms with Crippen molar-refractivity contribution in [1.29, 1.82) is 0 Å². The van der Waals surface area contributed by atoms with Crippen LogP contribution in [0.2, 0.25) is 0 Å². The van der Waals surface area contributed by atoms with Gasteiger partial charge in [0.2, 0.25) is 0 Å². The number of nitrogens with zero attached hydrogens (tertiary/aromatic N) is 4. The number of hydrogen-bond donors (Lipinski definition) is 0. The Bertz CT molecular complexity index is 1450. The molecule has 3 aromatic rings. The van der Waals surface area contributed by atoms with Gasteiger partial charge in [0.05, 0.1) is 48.4 Å². The van der Waals surface area contributed by atoms with E-state index in [0.717, 1.165) is 6.54 Å². The molecule has 0 bridgehead atoms. The molecule has 178 valence electrons.